The molecule has 0 saturated carbocycles. The molecule has 214 valence electrons. The lowest BCUT2D eigenvalue weighted by atomic mass is 9.81. The zero-order valence-corrected chi connectivity index (χ0v) is 25.4. The minimum Gasteiger partial charge on any atom is -0.248 e. The number of aromatic nitrogens is 1. The summed E-state index contributed by atoms with van der Waals surface area (Å²) >= 11 is 0. The monoisotopic (exact) mass is 567 g/mol. The van der Waals surface area contributed by atoms with Gasteiger partial charge in [0.1, 0.15) is 0 Å². The van der Waals surface area contributed by atoms with Crippen LogP contribution in [0.5, 0.6) is 0 Å². The van der Waals surface area contributed by atoms with Gasteiger partial charge in [-0.2, -0.15) is 0 Å². The minimum atomic E-state index is 1.02. The molecular formula is C43H37N. The maximum Gasteiger partial charge on any atom is 0.0706 e. The average molecular weight is 568 g/mol. The molecule has 0 saturated heterocycles. The van der Waals surface area contributed by atoms with Gasteiger partial charge in [0.25, 0.3) is 0 Å². The highest BCUT2D eigenvalue weighted by atomic mass is 14.7. The zero-order valence-electron chi connectivity index (χ0n) is 25.4. The van der Waals surface area contributed by atoms with E-state index in [1.807, 2.05) is 0 Å². The Morgan fingerprint density at radius 1 is 0.614 bits per heavy atom. The molecule has 0 amide bonds. The Morgan fingerprint density at radius 2 is 1.30 bits per heavy atom. The second-order valence-electron chi connectivity index (χ2n) is 12.2. The van der Waals surface area contributed by atoms with Gasteiger partial charge < -0.3 is 0 Å². The topological polar surface area (TPSA) is 12.9 Å². The largest absolute Gasteiger partial charge is 0.248 e. The standard InChI is InChI=1S/C43H37N/c1-2-29-16-11-24-34-33(29)23-12-25-35(34)43-38-21-8-6-19-36(38)42(37-20-7-9-22-39(37)43)32-18-10-17-31(28-32)41-27-13-26-40(44-41)30-14-4-3-5-15-30/h3-4,6-9,11,13-14,16-17,19-24,26-28H,2,5,10,12,15,18,25H2,1H3. The van der Waals surface area contributed by atoms with Crippen LogP contribution in [0, 0.1) is 0 Å². The molecule has 0 atom stereocenters. The molecule has 0 radical (unpaired) electrons. The van der Waals surface area contributed by atoms with Crippen molar-refractivity contribution < 1.29 is 0 Å². The number of aryl methyl sites for hydroxylation is 1. The van der Waals surface area contributed by atoms with Crippen LogP contribution in [0.25, 0.3) is 49.9 Å². The van der Waals surface area contributed by atoms with Gasteiger partial charge in [0.2, 0.25) is 0 Å². The number of benzene rings is 4. The highest BCUT2D eigenvalue weighted by Gasteiger charge is 2.21. The molecule has 0 bridgehead atoms. The first-order valence-corrected chi connectivity index (χ1v) is 16.3. The highest BCUT2D eigenvalue weighted by Crippen LogP contribution is 2.43. The van der Waals surface area contributed by atoms with E-state index in [9.17, 15) is 0 Å². The molecule has 1 nitrogen and oxygen atoms in total. The Morgan fingerprint density at radius 3 is 2.02 bits per heavy atom. The van der Waals surface area contributed by atoms with Gasteiger partial charge in [-0.1, -0.05) is 110 Å². The van der Waals surface area contributed by atoms with Gasteiger partial charge in [-0.25, -0.2) is 4.98 Å². The van der Waals surface area contributed by atoms with Crippen molar-refractivity contribution in [2.45, 2.75) is 51.9 Å². The Kier molecular flexibility index (Phi) is 6.95. The number of allylic oxidation sites excluding steroid dienone is 8. The number of pyridine rings is 1. The molecule has 1 heterocycles. The number of hydrogen-bond donors (Lipinski definition) is 0. The van der Waals surface area contributed by atoms with Gasteiger partial charge in [0.05, 0.1) is 11.4 Å². The lowest BCUT2D eigenvalue weighted by molar-refractivity contribution is 1.03. The van der Waals surface area contributed by atoms with E-state index < -0.39 is 0 Å². The third-order valence-electron chi connectivity index (χ3n) is 9.69. The lowest BCUT2D eigenvalue weighted by Gasteiger charge is -2.23. The molecule has 0 aliphatic heterocycles. The second kappa shape index (κ2) is 11.4. The van der Waals surface area contributed by atoms with Crippen molar-refractivity contribution in [3.05, 3.63) is 154 Å². The van der Waals surface area contributed by atoms with E-state index in [4.69, 9.17) is 4.98 Å². The van der Waals surface area contributed by atoms with Crippen LogP contribution in [-0.4, -0.2) is 4.98 Å². The molecular weight excluding hydrogens is 530 g/mol. The summed E-state index contributed by atoms with van der Waals surface area (Å²) in [5.41, 5.74) is 11.9. The molecule has 0 unspecified atom stereocenters. The van der Waals surface area contributed by atoms with Crippen molar-refractivity contribution >= 4 is 49.9 Å². The van der Waals surface area contributed by atoms with Crippen molar-refractivity contribution in [3.63, 3.8) is 0 Å². The van der Waals surface area contributed by atoms with Crippen molar-refractivity contribution in [2.75, 3.05) is 0 Å². The van der Waals surface area contributed by atoms with Crippen molar-refractivity contribution in [2.24, 2.45) is 0 Å². The quantitative estimate of drug-likeness (QED) is 0.193. The van der Waals surface area contributed by atoms with Crippen LogP contribution in [-0.2, 0) is 6.42 Å². The predicted octanol–water partition coefficient (Wildman–Crippen LogP) is 9.72. The molecule has 0 spiro atoms. The second-order valence-corrected chi connectivity index (χ2v) is 12.2. The van der Waals surface area contributed by atoms with Crippen LogP contribution < -0.4 is 10.4 Å². The first-order chi connectivity index (χ1) is 21.8. The minimum absolute atomic E-state index is 1.02. The van der Waals surface area contributed by atoms with Crippen LogP contribution in [0.2, 0.25) is 0 Å². The summed E-state index contributed by atoms with van der Waals surface area (Å²) in [5, 5.41) is 8.28. The third-order valence-corrected chi connectivity index (χ3v) is 9.69. The van der Waals surface area contributed by atoms with Gasteiger partial charge in [-0.3, -0.25) is 0 Å². The Labute approximate surface area is 260 Å². The molecule has 0 fully saturated rings. The summed E-state index contributed by atoms with van der Waals surface area (Å²) in [6, 6.07) is 31.7. The van der Waals surface area contributed by atoms with E-state index in [0.29, 0.717) is 0 Å². The molecule has 0 N–H and O–H groups in total. The summed E-state index contributed by atoms with van der Waals surface area (Å²) in [4.78, 5) is 5.16. The van der Waals surface area contributed by atoms with Crippen molar-refractivity contribution in [3.8, 4) is 0 Å². The molecule has 8 rings (SSSR count). The highest BCUT2D eigenvalue weighted by molar-refractivity contribution is 6.16. The van der Waals surface area contributed by atoms with Gasteiger partial charge in [0, 0.05) is 0 Å². The van der Waals surface area contributed by atoms with Crippen molar-refractivity contribution in [1.82, 2.24) is 4.98 Å². The molecule has 1 aromatic heterocycles. The van der Waals surface area contributed by atoms with Gasteiger partial charge in [0.15, 0.2) is 0 Å². The zero-order chi connectivity index (χ0) is 29.5. The van der Waals surface area contributed by atoms with E-state index in [1.54, 1.807) is 0 Å². The predicted molar refractivity (Wildman–Crippen MR) is 189 cm³/mol. The Hall–Kier alpha value is -4.75. The molecule has 44 heavy (non-hydrogen) atoms. The number of rotatable bonds is 5. The van der Waals surface area contributed by atoms with E-state index in [-0.39, 0.29) is 0 Å². The van der Waals surface area contributed by atoms with Crippen LogP contribution in [0.15, 0.2) is 115 Å². The van der Waals surface area contributed by atoms with Gasteiger partial charge >= 0.3 is 0 Å². The SMILES string of the molecule is CCc1cccc2c1=CCCC=2c1c2ccccc2c(C2=CC(c3cccc(C4=CC=CCC4)n3)=CCC2)c2ccccc12. The molecule has 3 aliphatic carbocycles. The summed E-state index contributed by atoms with van der Waals surface area (Å²) in [6.07, 6.45) is 21.3. The summed E-state index contributed by atoms with van der Waals surface area (Å²) in [6.45, 7) is 2.27. The van der Waals surface area contributed by atoms with Gasteiger partial charge in [-0.15, -0.1) is 0 Å². The lowest BCUT2D eigenvalue weighted by Crippen LogP contribution is -2.33. The van der Waals surface area contributed by atoms with Crippen LogP contribution >= 0.6 is 0 Å². The van der Waals surface area contributed by atoms with E-state index in [2.05, 4.69) is 128 Å². The Bertz CT molecular complexity index is 2140. The fourth-order valence-electron chi connectivity index (χ4n) is 7.65. The van der Waals surface area contributed by atoms with Crippen LogP contribution in [0.4, 0.5) is 0 Å². The fourth-order valence-corrected chi connectivity index (χ4v) is 7.65. The fraction of sp³-hybridized carbons (Fsp3) is 0.186. The summed E-state index contributed by atoms with van der Waals surface area (Å²) in [7, 11) is 0. The Balaban J connectivity index is 1.34. The van der Waals surface area contributed by atoms with Crippen LogP contribution in [0.3, 0.4) is 0 Å². The average Bonchev–Trinajstić information content (AvgIpc) is 3.10. The van der Waals surface area contributed by atoms with Crippen molar-refractivity contribution in [1.29, 1.82) is 0 Å². The first kappa shape index (κ1) is 26.8. The van der Waals surface area contributed by atoms with E-state index >= 15 is 0 Å². The molecule has 1 heteroatoms. The maximum absolute atomic E-state index is 5.16. The van der Waals surface area contributed by atoms with E-state index in [0.717, 1.165) is 56.3 Å². The summed E-state index contributed by atoms with van der Waals surface area (Å²) in [5.74, 6) is 0. The molecule has 5 aromatic rings. The number of hydrogen-bond acceptors (Lipinski definition) is 1. The number of nitrogens with zero attached hydrogens (tertiary/aromatic N) is 1. The summed E-state index contributed by atoms with van der Waals surface area (Å²) < 4.78 is 0. The molecule has 4 aromatic carbocycles. The smallest absolute Gasteiger partial charge is 0.0706 e. The molecule has 3 aliphatic rings. The van der Waals surface area contributed by atoms with Gasteiger partial charge in [-0.05, 0) is 134 Å². The van der Waals surface area contributed by atoms with E-state index in [1.165, 1.54) is 71.0 Å². The number of fused-ring (bicyclic) bond motifs is 3. The van der Waals surface area contributed by atoms with Crippen LogP contribution in [0.1, 0.15) is 73.5 Å². The maximum atomic E-state index is 5.16. The third kappa shape index (κ3) is 4.59. The first-order valence-electron chi connectivity index (χ1n) is 16.3. The normalized spacial score (nSPS) is 16.3.